The predicted octanol–water partition coefficient (Wildman–Crippen LogP) is 1.42. The third-order valence-electron chi connectivity index (χ3n) is 2.43. The standard InChI is InChI=1S/C9H20ClNO2S/c1-5-14(12,13)7-6-11-9(3,4)8(2)10/h8,11H,5-7H2,1-4H3. The lowest BCUT2D eigenvalue weighted by Gasteiger charge is -2.29. The van der Waals surface area contributed by atoms with Gasteiger partial charge in [0.2, 0.25) is 0 Å². The summed E-state index contributed by atoms with van der Waals surface area (Å²) in [4.78, 5) is 0. The van der Waals surface area contributed by atoms with Crippen LogP contribution in [0.4, 0.5) is 0 Å². The largest absolute Gasteiger partial charge is 0.309 e. The summed E-state index contributed by atoms with van der Waals surface area (Å²) < 4.78 is 22.4. The van der Waals surface area contributed by atoms with E-state index in [1.165, 1.54) is 0 Å². The second-order valence-corrected chi connectivity index (χ2v) is 7.13. The van der Waals surface area contributed by atoms with Gasteiger partial charge < -0.3 is 5.32 Å². The SMILES string of the molecule is CCS(=O)(=O)CCNC(C)(C)C(C)Cl. The van der Waals surface area contributed by atoms with Crippen LogP contribution in [0.5, 0.6) is 0 Å². The Morgan fingerprint density at radius 1 is 1.43 bits per heavy atom. The minimum atomic E-state index is -2.87. The van der Waals surface area contributed by atoms with Gasteiger partial charge in [-0.05, 0) is 20.8 Å². The second-order valence-electron chi connectivity index (χ2n) is 4.00. The molecule has 1 atom stereocenters. The lowest BCUT2D eigenvalue weighted by atomic mass is 10.0. The van der Waals surface area contributed by atoms with E-state index in [1.807, 2.05) is 20.8 Å². The van der Waals surface area contributed by atoms with E-state index in [9.17, 15) is 8.42 Å². The molecule has 0 saturated carbocycles. The first-order valence-electron chi connectivity index (χ1n) is 4.81. The van der Waals surface area contributed by atoms with E-state index >= 15 is 0 Å². The third kappa shape index (κ3) is 5.17. The van der Waals surface area contributed by atoms with Crippen molar-refractivity contribution >= 4 is 21.4 Å². The highest BCUT2D eigenvalue weighted by atomic mass is 35.5. The molecule has 3 nitrogen and oxygen atoms in total. The first kappa shape index (κ1) is 14.2. The topological polar surface area (TPSA) is 46.2 Å². The molecule has 1 N–H and O–H groups in total. The maximum Gasteiger partial charge on any atom is 0.151 e. The van der Waals surface area contributed by atoms with Crippen molar-refractivity contribution in [2.75, 3.05) is 18.1 Å². The lowest BCUT2D eigenvalue weighted by Crippen LogP contribution is -2.47. The number of halogens is 1. The van der Waals surface area contributed by atoms with Crippen molar-refractivity contribution < 1.29 is 8.42 Å². The number of rotatable bonds is 6. The van der Waals surface area contributed by atoms with Crippen LogP contribution in [0.25, 0.3) is 0 Å². The zero-order valence-electron chi connectivity index (χ0n) is 9.30. The minimum absolute atomic E-state index is 0.0353. The Morgan fingerprint density at radius 3 is 2.29 bits per heavy atom. The maximum absolute atomic E-state index is 11.2. The van der Waals surface area contributed by atoms with Gasteiger partial charge in [-0.2, -0.15) is 0 Å². The fourth-order valence-electron chi connectivity index (χ4n) is 0.814. The van der Waals surface area contributed by atoms with Gasteiger partial charge in [-0.1, -0.05) is 6.92 Å². The fourth-order valence-corrected chi connectivity index (χ4v) is 1.59. The van der Waals surface area contributed by atoms with Crippen molar-refractivity contribution in [3.63, 3.8) is 0 Å². The molecule has 86 valence electrons. The monoisotopic (exact) mass is 241 g/mol. The number of hydrogen-bond donors (Lipinski definition) is 1. The van der Waals surface area contributed by atoms with E-state index in [-0.39, 0.29) is 22.4 Å². The Kier molecular flexibility index (Phi) is 5.41. The van der Waals surface area contributed by atoms with E-state index in [4.69, 9.17) is 11.6 Å². The van der Waals surface area contributed by atoms with Crippen molar-refractivity contribution in [2.45, 2.75) is 38.6 Å². The van der Waals surface area contributed by atoms with Crippen molar-refractivity contribution in [3.05, 3.63) is 0 Å². The molecular formula is C9H20ClNO2S. The van der Waals surface area contributed by atoms with Gasteiger partial charge in [-0.3, -0.25) is 0 Å². The molecule has 0 radical (unpaired) electrons. The van der Waals surface area contributed by atoms with Gasteiger partial charge in [-0.25, -0.2) is 8.42 Å². The highest BCUT2D eigenvalue weighted by Crippen LogP contribution is 2.13. The molecule has 0 rings (SSSR count). The third-order valence-corrected chi connectivity index (χ3v) is 4.68. The van der Waals surface area contributed by atoms with E-state index in [2.05, 4.69) is 5.32 Å². The van der Waals surface area contributed by atoms with Gasteiger partial charge in [0.1, 0.15) is 0 Å². The van der Waals surface area contributed by atoms with Gasteiger partial charge in [0.25, 0.3) is 0 Å². The summed E-state index contributed by atoms with van der Waals surface area (Å²) in [6.07, 6.45) is 0. The van der Waals surface area contributed by atoms with Gasteiger partial charge >= 0.3 is 0 Å². The van der Waals surface area contributed by atoms with Gasteiger partial charge in [-0.15, -0.1) is 11.6 Å². The normalized spacial score (nSPS) is 15.5. The van der Waals surface area contributed by atoms with Crippen molar-refractivity contribution in [3.8, 4) is 0 Å². The minimum Gasteiger partial charge on any atom is -0.309 e. The highest BCUT2D eigenvalue weighted by molar-refractivity contribution is 7.91. The summed E-state index contributed by atoms with van der Waals surface area (Å²) in [6, 6.07) is 0. The summed E-state index contributed by atoms with van der Waals surface area (Å²) in [5.41, 5.74) is -0.231. The highest BCUT2D eigenvalue weighted by Gasteiger charge is 2.23. The number of alkyl halides is 1. The van der Waals surface area contributed by atoms with Gasteiger partial charge in [0, 0.05) is 23.2 Å². The first-order valence-corrected chi connectivity index (χ1v) is 7.06. The fraction of sp³-hybridized carbons (Fsp3) is 1.00. The second kappa shape index (κ2) is 5.33. The molecule has 5 heteroatoms. The zero-order chi connectivity index (χ0) is 11.4. The molecule has 0 aliphatic heterocycles. The van der Waals surface area contributed by atoms with E-state index in [1.54, 1.807) is 6.92 Å². The molecule has 0 heterocycles. The smallest absolute Gasteiger partial charge is 0.151 e. The number of hydrogen-bond acceptors (Lipinski definition) is 3. The molecule has 0 aromatic carbocycles. The van der Waals surface area contributed by atoms with Crippen LogP contribution in [0.2, 0.25) is 0 Å². The van der Waals surface area contributed by atoms with Crippen LogP contribution in [0.1, 0.15) is 27.7 Å². The molecule has 1 unspecified atom stereocenters. The van der Waals surface area contributed by atoms with E-state index < -0.39 is 9.84 Å². The Morgan fingerprint density at radius 2 is 1.93 bits per heavy atom. The maximum atomic E-state index is 11.2. The summed E-state index contributed by atoms with van der Waals surface area (Å²) in [5, 5.41) is 3.10. The lowest BCUT2D eigenvalue weighted by molar-refractivity contribution is 0.393. The summed E-state index contributed by atoms with van der Waals surface area (Å²) in [5.74, 6) is 0.377. The zero-order valence-corrected chi connectivity index (χ0v) is 10.9. The summed E-state index contributed by atoms with van der Waals surface area (Å²) >= 11 is 5.94. The Bertz CT molecular complexity index is 260. The van der Waals surface area contributed by atoms with Gasteiger partial charge in [0.15, 0.2) is 9.84 Å². The summed E-state index contributed by atoms with van der Waals surface area (Å²) in [7, 11) is -2.87. The van der Waals surface area contributed by atoms with Crippen LogP contribution >= 0.6 is 11.6 Å². The molecule has 14 heavy (non-hydrogen) atoms. The van der Waals surface area contributed by atoms with Crippen molar-refractivity contribution in [1.82, 2.24) is 5.32 Å². The summed E-state index contributed by atoms with van der Waals surface area (Å²) in [6.45, 7) is 7.93. The Balaban J connectivity index is 3.98. The van der Waals surface area contributed by atoms with Crippen LogP contribution in [0, 0.1) is 0 Å². The molecule has 0 fully saturated rings. The van der Waals surface area contributed by atoms with Crippen LogP contribution in [0.3, 0.4) is 0 Å². The molecule has 0 spiro atoms. The van der Waals surface area contributed by atoms with Crippen molar-refractivity contribution in [2.24, 2.45) is 0 Å². The molecule has 0 aromatic heterocycles. The van der Waals surface area contributed by atoms with Crippen LogP contribution in [0.15, 0.2) is 0 Å². The molecule has 0 amide bonds. The van der Waals surface area contributed by atoms with E-state index in [0.717, 1.165) is 0 Å². The number of sulfone groups is 1. The molecule has 0 aliphatic carbocycles. The van der Waals surface area contributed by atoms with Crippen LogP contribution in [-0.4, -0.2) is 37.4 Å². The van der Waals surface area contributed by atoms with E-state index in [0.29, 0.717) is 6.54 Å². The molecular weight excluding hydrogens is 222 g/mol. The predicted molar refractivity (Wildman–Crippen MR) is 61.7 cm³/mol. The van der Waals surface area contributed by atoms with Gasteiger partial charge in [0.05, 0.1) is 5.75 Å². The Labute approximate surface area is 92.1 Å². The molecule has 0 bridgehead atoms. The molecule has 0 aliphatic rings. The van der Waals surface area contributed by atoms with Crippen LogP contribution < -0.4 is 5.32 Å². The van der Waals surface area contributed by atoms with Crippen molar-refractivity contribution in [1.29, 1.82) is 0 Å². The average Bonchev–Trinajstić information content (AvgIpc) is 2.03. The molecule has 0 aromatic rings. The number of nitrogens with one attached hydrogen (secondary N) is 1. The molecule has 0 saturated heterocycles. The quantitative estimate of drug-likeness (QED) is 0.716. The van der Waals surface area contributed by atoms with Crippen LogP contribution in [-0.2, 0) is 9.84 Å². The Hall–Kier alpha value is 0.200. The average molecular weight is 242 g/mol. The first-order chi connectivity index (χ1) is 6.21.